The maximum Gasteiger partial charge on any atom is 0.0309 e. The maximum atomic E-state index is 3.87. The van der Waals surface area contributed by atoms with Gasteiger partial charge in [-0.2, -0.15) is 0 Å². The van der Waals surface area contributed by atoms with Gasteiger partial charge in [-0.15, -0.1) is 0 Å². The summed E-state index contributed by atoms with van der Waals surface area (Å²) in [5.74, 6) is 1.79. The summed E-state index contributed by atoms with van der Waals surface area (Å²) in [6, 6.07) is 0.710. The van der Waals surface area contributed by atoms with Gasteiger partial charge in [0.2, 0.25) is 0 Å². The van der Waals surface area contributed by atoms with Crippen LogP contribution in [-0.2, 0) is 0 Å². The fourth-order valence-electron chi connectivity index (χ4n) is 5.20. The third-order valence-corrected chi connectivity index (χ3v) is 6.48. The van der Waals surface area contributed by atoms with Gasteiger partial charge in [-0.25, -0.2) is 0 Å². The number of hydrogen-bond acceptors (Lipinski definition) is 2. The zero-order valence-electron chi connectivity index (χ0n) is 14.8. The van der Waals surface area contributed by atoms with Crippen molar-refractivity contribution in [2.45, 2.75) is 84.2 Å². The summed E-state index contributed by atoms with van der Waals surface area (Å²) in [6.07, 6.45) is 10.2. The first-order chi connectivity index (χ1) is 9.92. The largest absolute Gasteiger partial charge is 0.308 e. The van der Waals surface area contributed by atoms with Gasteiger partial charge in [0, 0.05) is 31.2 Å². The fraction of sp³-hybridized carbons (Fsp3) is 1.00. The maximum absolute atomic E-state index is 3.87. The molecule has 2 atom stereocenters. The lowest BCUT2D eigenvalue weighted by molar-refractivity contribution is 0.0350. The van der Waals surface area contributed by atoms with Gasteiger partial charge in [-0.05, 0) is 63.2 Å². The van der Waals surface area contributed by atoms with E-state index in [1.54, 1.807) is 0 Å². The van der Waals surface area contributed by atoms with Crippen molar-refractivity contribution in [1.29, 1.82) is 0 Å². The van der Waals surface area contributed by atoms with E-state index in [4.69, 9.17) is 0 Å². The number of hydrogen-bond donors (Lipinski definition) is 1. The summed E-state index contributed by atoms with van der Waals surface area (Å²) < 4.78 is 0. The van der Waals surface area contributed by atoms with Crippen LogP contribution in [0.4, 0.5) is 0 Å². The van der Waals surface area contributed by atoms with Crippen LogP contribution in [0.1, 0.15) is 72.6 Å². The van der Waals surface area contributed by atoms with Crippen LogP contribution in [0, 0.1) is 17.3 Å². The average Bonchev–Trinajstić information content (AvgIpc) is 3.17. The Balaban J connectivity index is 1.68. The van der Waals surface area contributed by atoms with Gasteiger partial charge < -0.3 is 5.32 Å². The monoisotopic (exact) mass is 292 g/mol. The van der Waals surface area contributed by atoms with Gasteiger partial charge in [-0.3, -0.25) is 4.90 Å². The van der Waals surface area contributed by atoms with E-state index in [2.05, 4.69) is 37.9 Å². The summed E-state index contributed by atoms with van der Waals surface area (Å²) in [5.41, 5.74) is 1.02. The van der Waals surface area contributed by atoms with Gasteiger partial charge in [0.1, 0.15) is 0 Å². The van der Waals surface area contributed by atoms with Crippen LogP contribution >= 0.6 is 0 Å². The molecule has 0 aromatic heterocycles. The Bertz CT molecular complexity index is 355. The van der Waals surface area contributed by atoms with Gasteiger partial charge in [0.05, 0.1) is 0 Å². The predicted octanol–water partition coefficient (Wildman–Crippen LogP) is 4.06. The van der Waals surface area contributed by atoms with E-state index in [1.165, 1.54) is 64.6 Å². The molecule has 1 heterocycles. The standard InChI is InChI=1S/C19H36N2/c1-15(2)11-19(9-5-6-10-19)14-21-13-18(4,17-7-8-17)20-12-16(21)3/h15-17,20H,5-14H2,1-4H3. The summed E-state index contributed by atoms with van der Waals surface area (Å²) >= 11 is 0. The van der Waals surface area contributed by atoms with Crippen LogP contribution in [0.3, 0.4) is 0 Å². The lowest BCUT2D eigenvalue weighted by Crippen LogP contribution is -2.64. The molecule has 0 aromatic carbocycles. The van der Waals surface area contributed by atoms with Crippen molar-refractivity contribution in [3.63, 3.8) is 0 Å². The quantitative estimate of drug-likeness (QED) is 0.822. The zero-order valence-corrected chi connectivity index (χ0v) is 14.8. The highest BCUT2D eigenvalue weighted by Crippen LogP contribution is 2.46. The van der Waals surface area contributed by atoms with Gasteiger partial charge in [-0.1, -0.05) is 26.7 Å². The van der Waals surface area contributed by atoms with Crippen molar-refractivity contribution in [2.24, 2.45) is 17.3 Å². The van der Waals surface area contributed by atoms with Crippen LogP contribution in [0.5, 0.6) is 0 Å². The summed E-state index contributed by atoms with van der Waals surface area (Å²) in [5, 5.41) is 3.87. The topological polar surface area (TPSA) is 15.3 Å². The molecule has 0 aromatic rings. The van der Waals surface area contributed by atoms with Crippen LogP contribution in [0.15, 0.2) is 0 Å². The third-order valence-electron chi connectivity index (χ3n) is 6.48. The van der Waals surface area contributed by atoms with E-state index >= 15 is 0 Å². The van der Waals surface area contributed by atoms with E-state index < -0.39 is 0 Å². The first-order valence-corrected chi connectivity index (χ1v) is 9.42. The molecule has 2 nitrogen and oxygen atoms in total. The highest BCUT2D eigenvalue weighted by Gasteiger charge is 2.47. The summed E-state index contributed by atoms with van der Waals surface area (Å²) in [6.45, 7) is 13.6. The molecule has 2 saturated carbocycles. The molecule has 2 heteroatoms. The second-order valence-corrected chi connectivity index (χ2v) is 9.13. The molecule has 1 aliphatic heterocycles. The summed E-state index contributed by atoms with van der Waals surface area (Å²) in [7, 11) is 0. The zero-order chi connectivity index (χ0) is 15.1. The van der Waals surface area contributed by atoms with Crippen molar-refractivity contribution in [2.75, 3.05) is 19.6 Å². The molecule has 0 bridgehead atoms. The van der Waals surface area contributed by atoms with E-state index in [0.29, 0.717) is 17.0 Å². The van der Waals surface area contributed by atoms with E-state index in [0.717, 1.165) is 11.8 Å². The molecular formula is C19H36N2. The molecule has 0 radical (unpaired) electrons. The van der Waals surface area contributed by atoms with Gasteiger partial charge >= 0.3 is 0 Å². The molecule has 122 valence electrons. The molecule has 3 fully saturated rings. The second-order valence-electron chi connectivity index (χ2n) is 9.13. The van der Waals surface area contributed by atoms with Crippen LogP contribution in [-0.4, -0.2) is 36.1 Å². The molecule has 1 saturated heterocycles. The first-order valence-electron chi connectivity index (χ1n) is 9.42. The van der Waals surface area contributed by atoms with E-state index in [1.807, 2.05) is 0 Å². The Morgan fingerprint density at radius 3 is 2.43 bits per heavy atom. The lowest BCUT2D eigenvalue weighted by atomic mass is 9.77. The predicted molar refractivity (Wildman–Crippen MR) is 90.5 cm³/mol. The highest BCUT2D eigenvalue weighted by atomic mass is 15.3. The van der Waals surface area contributed by atoms with Crippen LogP contribution in [0.2, 0.25) is 0 Å². The SMILES string of the molecule is CC(C)CC1(CN2CC(C)(C3CC3)NCC2C)CCCC1. The minimum Gasteiger partial charge on any atom is -0.308 e. The number of rotatable bonds is 5. The molecule has 2 unspecified atom stereocenters. The van der Waals surface area contributed by atoms with Crippen molar-refractivity contribution in [3.05, 3.63) is 0 Å². The number of piperazine rings is 1. The van der Waals surface area contributed by atoms with E-state index in [9.17, 15) is 0 Å². The normalized spacial score (nSPS) is 37.3. The lowest BCUT2D eigenvalue weighted by Gasteiger charge is -2.49. The van der Waals surface area contributed by atoms with Gasteiger partial charge in [0.15, 0.2) is 0 Å². The molecule has 3 rings (SSSR count). The fourth-order valence-corrected chi connectivity index (χ4v) is 5.20. The Morgan fingerprint density at radius 2 is 1.86 bits per heavy atom. The van der Waals surface area contributed by atoms with Crippen LogP contribution < -0.4 is 5.32 Å². The van der Waals surface area contributed by atoms with Crippen molar-refractivity contribution < 1.29 is 0 Å². The molecule has 3 aliphatic rings. The molecule has 21 heavy (non-hydrogen) atoms. The molecule has 1 N–H and O–H groups in total. The molecule has 0 spiro atoms. The minimum atomic E-state index is 0.393. The Kier molecular flexibility index (Phi) is 4.40. The second kappa shape index (κ2) is 5.85. The van der Waals surface area contributed by atoms with Crippen molar-refractivity contribution in [1.82, 2.24) is 10.2 Å². The summed E-state index contributed by atoms with van der Waals surface area (Å²) in [4.78, 5) is 2.85. The molecular weight excluding hydrogens is 256 g/mol. The van der Waals surface area contributed by atoms with Crippen molar-refractivity contribution >= 4 is 0 Å². The Labute approximate surface area is 132 Å². The highest BCUT2D eigenvalue weighted by molar-refractivity contribution is 5.04. The number of nitrogens with one attached hydrogen (secondary N) is 1. The minimum absolute atomic E-state index is 0.393. The van der Waals surface area contributed by atoms with E-state index in [-0.39, 0.29) is 0 Å². The average molecular weight is 293 g/mol. The first kappa shape index (κ1) is 15.8. The Hall–Kier alpha value is -0.0800. The third kappa shape index (κ3) is 3.47. The van der Waals surface area contributed by atoms with Crippen molar-refractivity contribution in [3.8, 4) is 0 Å². The van der Waals surface area contributed by atoms with Gasteiger partial charge in [0.25, 0.3) is 0 Å². The Morgan fingerprint density at radius 1 is 1.19 bits per heavy atom. The number of nitrogens with zero attached hydrogens (tertiary/aromatic N) is 1. The smallest absolute Gasteiger partial charge is 0.0309 e. The molecule has 2 aliphatic carbocycles. The van der Waals surface area contributed by atoms with Crippen LogP contribution in [0.25, 0.3) is 0 Å². The molecule has 0 amide bonds.